The SMILES string of the molecule is COC(=O)c1ccc(C(=O)OC)c(NC(=O)CSc2nc3ccccc3c(=O)n2-c2ccccc2)c1. The van der Waals surface area contributed by atoms with Gasteiger partial charge in [-0.1, -0.05) is 42.1 Å². The summed E-state index contributed by atoms with van der Waals surface area (Å²) in [5.41, 5.74) is 1.20. The number of carbonyl (C=O) groups excluding carboxylic acids is 3. The fourth-order valence-corrected chi connectivity index (χ4v) is 4.32. The number of fused-ring (bicyclic) bond motifs is 1. The lowest BCUT2D eigenvalue weighted by atomic mass is 10.1. The minimum absolute atomic E-state index is 0.0773. The zero-order chi connectivity index (χ0) is 25.7. The predicted molar refractivity (Wildman–Crippen MR) is 136 cm³/mol. The van der Waals surface area contributed by atoms with Gasteiger partial charge in [0.15, 0.2) is 5.16 Å². The molecule has 0 unspecified atom stereocenters. The van der Waals surface area contributed by atoms with Crippen LogP contribution < -0.4 is 10.9 Å². The summed E-state index contributed by atoms with van der Waals surface area (Å²) in [6, 6.07) is 20.1. The van der Waals surface area contributed by atoms with E-state index in [9.17, 15) is 19.2 Å². The number of thioether (sulfide) groups is 1. The number of aromatic nitrogens is 2. The Kier molecular flexibility index (Phi) is 7.45. The van der Waals surface area contributed by atoms with Crippen LogP contribution in [-0.2, 0) is 14.3 Å². The maximum Gasteiger partial charge on any atom is 0.339 e. The third-order valence-electron chi connectivity index (χ3n) is 5.21. The largest absolute Gasteiger partial charge is 0.465 e. The fraction of sp³-hybridized carbons (Fsp3) is 0.115. The number of anilines is 1. The highest BCUT2D eigenvalue weighted by Gasteiger charge is 2.19. The first-order valence-corrected chi connectivity index (χ1v) is 11.7. The van der Waals surface area contributed by atoms with E-state index < -0.39 is 17.8 Å². The Hall–Kier alpha value is -4.44. The highest BCUT2D eigenvalue weighted by atomic mass is 32.2. The topological polar surface area (TPSA) is 117 Å². The van der Waals surface area contributed by atoms with Gasteiger partial charge >= 0.3 is 11.9 Å². The van der Waals surface area contributed by atoms with Gasteiger partial charge in [-0.2, -0.15) is 0 Å². The molecule has 0 radical (unpaired) electrons. The molecule has 0 fully saturated rings. The van der Waals surface area contributed by atoms with Gasteiger partial charge in [0.1, 0.15) is 0 Å². The Balaban J connectivity index is 1.64. The number of hydrogen-bond donors (Lipinski definition) is 1. The molecule has 1 aromatic heterocycles. The van der Waals surface area contributed by atoms with E-state index in [4.69, 9.17) is 9.47 Å². The number of amides is 1. The lowest BCUT2D eigenvalue weighted by Gasteiger charge is -2.14. The summed E-state index contributed by atoms with van der Waals surface area (Å²) in [4.78, 5) is 54.9. The molecule has 10 heteroatoms. The number of rotatable bonds is 7. The van der Waals surface area contributed by atoms with Gasteiger partial charge in [0.25, 0.3) is 5.56 Å². The van der Waals surface area contributed by atoms with Crippen molar-refractivity contribution in [3.63, 3.8) is 0 Å². The third kappa shape index (κ3) is 5.13. The fourth-order valence-electron chi connectivity index (χ4n) is 3.51. The second-order valence-electron chi connectivity index (χ2n) is 7.47. The van der Waals surface area contributed by atoms with E-state index in [0.717, 1.165) is 11.8 Å². The van der Waals surface area contributed by atoms with Crippen LogP contribution in [0.15, 0.2) is 82.7 Å². The van der Waals surface area contributed by atoms with Crippen molar-refractivity contribution in [1.82, 2.24) is 9.55 Å². The number of para-hydroxylation sites is 2. The number of carbonyl (C=O) groups is 3. The lowest BCUT2D eigenvalue weighted by molar-refractivity contribution is -0.113. The lowest BCUT2D eigenvalue weighted by Crippen LogP contribution is -2.23. The highest BCUT2D eigenvalue weighted by molar-refractivity contribution is 7.99. The Bertz CT molecular complexity index is 1520. The summed E-state index contributed by atoms with van der Waals surface area (Å²) in [5, 5.41) is 3.43. The average Bonchev–Trinajstić information content (AvgIpc) is 2.91. The molecule has 0 saturated heterocycles. The quantitative estimate of drug-likeness (QED) is 0.231. The third-order valence-corrected chi connectivity index (χ3v) is 6.15. The summed E-state index contributed by atoms with van der Waals surface area (Å²) in [5.74, 6) is -1.90. The van der Waals surface area contributed by atoms with E-state index in [2.05, 4.69) is 10.3 Å². The van der Waals surface area contributed by atoms with Gasteiger partial charge < -0.3 is 14.8 Å². The molecule has 1 amide bonds. The number of ether oxygens (including phenoxy) is 2. The molecule has 0 aliphatic heterocycles. The van der Waals surface area contributed by atoms with Crippen molar-refractivity contribution in [3.05, 3.63) is 94.3 Å². The molecule has 36 heavy (non-hydrogen) atoms. The van der Waals surface area contributed by atoms with Gasteiger partial charge in [-0.25, -0.2) is 14.6 Å². The standard InChI is InChI=1S/C26H21N3O6S/c1-34-24(32)16-12-13-19(25(33)35-2)21(14-16)27-22(30)15-36-26-28-20-11-7-6-10-18(20)23(31)29(26)17-8-4-3-5-9-17/h3-14H,15H2,1-2H3,(H,27,30). The van der Waals surface area contributed by atoms with Crippen molar-refractivity contribution >= 4 is 46.2 Å². The second kappa shape index (κ2) is 10.9. The molecule has 1 heterocycles. The molecule has 0 bridgehead atoms. The van der Waals surface area contributed by atoms with Crippen molar-refractivity contribution in [3.8, 4) is 5.69 Å². The normalized spacial score (nSPS) is 10.6. The van der Waals surface area contributed by atoms with Crippen molar-refractivity contribution in [2.24, 2.45) is 0 Å². The zero-order valence-corrected chi connectivity index (χ0v) is 20.2. The van der Waals surface area contributed by atoms with Crippen LogP contribution in [0.25, 0.3) is 16.6 Å². The molecule has 4 rings (SSSR count). The number of nitrogens with one attached hydrogen (secondary N) is 1. The van der Waals surface area contributed by atoms with E-state index in [0.29, 0.717) is 21.7 Å². The van der Waals surface area contributed by atoms with Gasteiger partial charge in [-0.3, -0.25) is 14.2 Å². The molecule has 0 aliphatic carbocycles. The van der Waals surface area contributed by atoms with Crippen LogP contribution in [0.1, 0.15) is 20.7 Å². The first-order chi connectivity index (χ1) is 17.4. The first kappa shape index (κ1) is 24.7. The number of nitrogens with zero attached hydrogens (tertiary/aromatic N) is 2. The average molecular weight is 504 g/mol. The molecule has 1 N–H and O–H groups in total. The van der Waals surface area contributed by atoms with Gasteiger partial charge in [-0.15, -0.1) is 0 Å². The van der Waals surface area contributed by atoms with Gasteiger partial charge in [0, 0.05) is 0 Å². The molecule has 0 aliphatic rings. The molecule has 0 spiro atoms. The Morgan fingerprint density at radius 3 is 2.33 bits per heavy atom. The van der Waals surface area contributed by atoms with E-state index in [1.807, 2.05) is 6.07 Å². The smallest absolute Gasteiger partial charge is 0.339 e. The first-order valence-electron chi connectivity index (χ1n) is 10.7. The molecule has 0 saturated carbocycles. The van der Waals surface area contributed by atoms with Crippen LogP contribution >= 0.6 is 11.8 Å². The molecule has 0 atom stereocenters. The number of esters is 2. The van der Waals surface area contributed by atoms with Crippen LogP contribution in [0.2, 0.25) is 0 Å². The van der Waals surface area contributed by atoms with E-state index in [1.165, 1.54) is 37.0 Å². The summed E-state index contributed by atoms with van der Waals surface area (Å²) in [6.07, 6.45) is 0. The molecule has 182 valence electrons. The highest BCUT2D eigenvalue weighted by Crippen LogP contribution is 2.23. The zero-order valence-electron chi connectivity index (χ0n) is 19.4. The molecule has 3 aromatic carbocycles. The number of benzene rings is 3. The predicted octanol–water partition coefficient (Wildman–Crippen LogP) is 3.69. The molecular formula is C26H21N3O6S. The Morgan fingerprint density at radius 1 is 0.917 bits per heavy atom. The van der Waals surface area contributed by atoms with Crippen molar-refractivity contribution in [2.45, 2.75) is 5.16 Å². The van der Waals surface area contributed by atoms with Crippen LogP contribution in [0.5, 0.6) is 0 Å². The van der Waals surface area contributed by atoms with Crippen LogP contribution in [0.3, 0.4) is 0 Å². The van der Waals surface area contributed by atoms with E-state index >= 15 is 0 Å². The van der Waals surface area contributed by atoms with Gasteiger partial charge in [0.2, 0.25) is 5.91 Å². The van der Waals surface area contributed by atoms with Crippen LogP contribution in [-0.4, -0.2) is 47.4 Å². The van der Waals surface area contributed by atoms with Crippen molar-refractivity contribution in [1.29, 1.82) is 0 Å². The van der Waals surface area contributed by atoms with E-state index in [1.54, 1.807) is 48.5 Å². The van der Waals surface area contributed by atoms with Crippen molar-refractivity contribution < 1.29 is 23.9 Å². The van der Waals surface area contributed by atoms with Gasteiger partial charge in [0.05, 0.1) is 53.4 Å². The second-order valence-corrected chi connectivity index (χ2v) is 8.41. The minimum Gasteiger partial charge on any atom is -0.465 e. The number of methoxy groups -OCH3 is 2. The van der Waals surface area contributed by atoms with Gasteiger partial charge in [-0.05, 0) is 42.5 Å². The molecule has 9 nitrogen and oxygen atoms in total. The molecule has 4 aromatic rings. The summed E-state index contributed by atoms with van der Waals surface area (Å²) in [6.45, 7) is 0. The summed E-state index contributed by atoms with van der Waals surface area (Å²) in [7, 11) is 2.44. The maximum atomic E-state index is 13.3. The minimum atomic E-state index is -0.677. The maximum absolute atomic E-state index is 13.3. The number of hydrogen-bond acceptors (Lipinski definition) is 8. The summed E-state index contributed by atoms with van der Waals surface area (Å²) >= 11 is 1.07. The van der Waals surface area contributed by atoms with Crippen molar-refractivity contribution in [2.75, 3.05) is 25.3 Å². The van der Waals surface area contributed by atoms with Crippen LogP contribution in [0.4, 0.5) is 5.69 Å². The molecular weight excluding hydrogens is 482 g/mol. The monoisotopic (exact) mass is 503 g/mol. The summed E-state index contributed by atoms with van der Waals surface area (Å²) < 4.78 is 10.9. The Labute approximate surface area is 210 Å². The van der Waals surface area contributed by atoms with Crippen LogP contribution in [0, 0.1) is 0 Å². The van der Waals surface area contributed by atoms with E-state index in [-0.39, 0.29) is 28.1 Å². The Morgan fingerprint density at radius 2 is 1.61 bits per heavy atom.